The molecule has 1 N–H and O–H groups in total. The molecule has 7 heteroatoms. The first-order valence-corrected chi connectivity index (χ1v) is 12.3. The van der Waals surface area contributed by atoms with Gasteiger partial charge in [0.15, 0.2) is 11.5 Å². The van der Waals surface area contributed by atoms with Crippen molar-refractivity contribution >= 4 is 16.7 Å². The molecule has 0 fully saturated rings. The zero-order valence-corrected chi connectivity index (χ0v) is 21.4. The first-order chi connectivity index (χ1) is 18.1. The normalized spacial score (nSPS) is 17.8. The molecule has 38 heavy (non-hydrogen) atoms. The zero-order valence-electron chi connectivity index (χ0n) is 21.4. The number of aromatic nitrogens is 2. The molecule has 0 unspecified atom stereocenters. The van der Waals surface area contributed by atoms with Crippen LogP contribution in [0.5, 0.6) is 11.5 Å². The van der Waals surface area contributed by atoms with E-state index in [-0.39, 0.29) is 31.0 Å². The minimum Gasteiger partial charge on any atom is -0.494 e. The highest BCUT2D eigenvalue weighted by Crippen LogP contribution is 2.45. The molecule has 0 bridgehead atoms. The van der Waals surface area contributed by atoms with Crippen LogP contribution in [0.4, 0.5) is 4.39 Å². The molecule has 3 heterocycles. The lowest BCUT2D eigenvalue weighted by Crippen LogP contribution is -2.26. The Balaban J connectivity index is 1.48. The first-order valence-electron chi connectivity index (χ1n) is 12.3. The van der Waals surface area contributed by atoms with E-state index < -0.39 is 11.0 Å². The summed E-state index contributed by atoms with van der Waals surface area (Å²) in [5.74, 6) is 3.30. The van der Waals surface area contributed by atoms with Crippen LogP contribution >= 0.6 is 0 Å². The Morgan fingerprint density at radius 3 is 2.74 bits per heavy atom. The molecule has 1 aliphatic heterocycles. The molecular weight excluding hydrogens is 483 g/mol. The number of nitrogens with zero attached hydrogens (tertiary/aromatic N) is 2. The quantitative estimate of drug-likeness (QED) is 0.258. The fraction of sp³-hybridized carbons (Fsp3) is 0.258. The second-order valence-corrected chi connectivity index (χ2v) is 9.96. The lowest BCUT2D eigenvalue weighted by atomic mass is 9.82. The number of pyridine rings is 2. The van der Waals surface area contributed by atoms with Crippen LogP contribution in [0.1, 0.15) is 48.3 Å². The van der Waals surface area contributed by atoms with Gasteiger partial charge in [-0.25, -0.2) is 9.37 Å². The Labute approximate surface area is 220 Å². The van der Waals surface area contributed by atoms with E-state index in [0.717, 1.165) is 10.9 Å². The van der Waals surface area contributed by atoms with E-state index in [1.54, 1.807) is 49.5 Å². The van der Waals surface area contributed by atoms with Crippen LogP contribution in [0.3, 0.4) is 0 Å². The van der Waals surface area contributed by atoms with Crippen LogP contribution in [-0.4, -0.2) is 34.6 Å². The number of benzene rings is 2. The predicted octanol–water partition coefficient (Wildman–Crippen LogP) is 5.60. The topological polar surface area (TPSA) is 81.5 Å². The second kappa shape index (κ2) is 9.55. The maximum atomic E-state index is 13.6. The van der Waals surface area contributed by atoms with Crippen LogP contribution in [0, 0.1) is 18.2 Å². The van der Waals surface area contributed by atoms with Gasteiger partial charge in [-0.2, -0.15) is 0 Å². The molecule has 2 aromatic carbocycles. The smallest absolute Gasteiger partial charge is 0.163 e. The largest absolute Gasteiger partial charge is 0.494 e. The number of carbonyl (C=O) groups excluding carboxylic acids is 1. The van der Waals surface area contributed by atoms with E-state index in [4.69, 9.17) is 20.9 Å². The van der Waals surface area contributed by atoms with Crippen LogP contribution in [0.15, 0.2) is 60.8 Å². The summed E-state index contributed by atoms with van der Waals surface area (Å²) < 4.78 is 25.0. The van der Waals surface area contributed by atoms with Crippen molar-refractivity contribution in [2.45, 2.75) is 37.7 Å². The number of hydrogen-bond donors (Lipinski definition) is 1. The average Bonchev–Trinajstić information content (AvgIpc) is 3.28. The first kappa shape index (κ1) is 25.4. The molecule has 6 nitrogen and oxygen atoms in total. The highest BCUT2D eigenvalue weighted by Gasteiger charge is 2.39. The minimum atomic E-state index is -1.46. The average molecular weight is 511 g/mol. The Morgan fingerprint density at radius 1 is 1.26 bits per heavy atom. The number of terminal acetylenes is 1. The van der Waals surface area contributed by atoms with Gasteiger partial charge in [0.25, 0.3) is 0 Å². The second-order valence-electron chi connectivity index (χ2n) is 9.96. The fourth-order valence-electron chi connectivity index (χ4n) is 4.69. The number of aliphatic hydroxyl groups is 1. The molecule has 5 rings (SSSR count). The number of hydrogen-bond acceptors (Lipinski definition) is 6. The summed E-state index contributed by atoms with van der Waals surface area (Å²) in [6.45, 7) is 3.77. The third-order valence-electron chi connectivity index (χ3n) is 7.11. The van der Waals surface area contributed by atoms with E-state index in [0.29, 0.717) is 39.5 Å². The zero-order chi connectivity index (χ0) is 27.1. The molecule has 1 aliphatic rings. The van der Waals surface area contributed by atoms with E-state index in [1.807, 2.05) is 13.0 Å². The number of fused-ring (bicyclic) bond motifs is 2. The Kier molecular flexibility index (Phi) is 6.38. The molecule has 0 aliphatic carbocycles. The number of rotatable bonds is 7. The summed E-state index contributed by atoms with van der Waals surface area (Å²) in [6.07, 6.45) is 7.70. The van der Waals surface area contributed by atoms with Crippen LogP contribution in [0.2, 0.25) is 0 Å². The van der Waals surface area contributed by atoms with Crippen molar-refractivity contribution < 1.29 is 23.8 Å². The van der Waals surface area contributed by atoms with Crippen molar-refractivity contribution in [3.8, 4) is 35.1 Å². The van der Waals surface area contributed by atoms with Gasteiger partial charge < -0.3 is 14.6 Å². The van der Waals surface area contributed by atoms with Gasteiger partial charge in [-0.05, 0) is 68.8 Å². The maximum absolute atomic E-state index is 13.6. The van der Waals surface area contributed by atoms with Gasteiger partial charge in [0.2, 0.25) is 0 Å². The molecule has 2 atom stereocenters. The number of carbonyl (C=O) groups is 1. The third kappa shape index (κ3) is 4.48. The van der Waals surface area contributed by atoms with Crippen LogP contribution in [0.25, 0.3) is 22.2 Å². The molecule has 0 spiro atoms. The van der Waals surface area contributed by atoms with Gasteiger partial charge in [-0.15, -0.1) is 6.42 Å². The number of halogens is 1. The Morgan fingerprint density at radius 2 is 2.03 bits per heavy atom. The number of Topliss-reactive ketones (excluding diaryl/α,β-unsaturated/α-hetero) is 1. The molecule has 0 radical (unpaired) electrons. The van der Waals surface area contributed by atoms with Crippen LogP contribution < -0.4 is 9.47 Å². The lowest BCUT2D eigenvalue weighted by Gasteiger charge is -2.25. The minimum absolute atomic E-state index is 0.0650. The van der Waals surface area contributed by atoms with E-state index >= 15 is 0 Å². The predicted molar refractivity (Wildman–Crippen MR) is 143 cm³/mol. The summed E-state index contributed by atoms with van der Waals surface area (Å²) >= 11 is 0. The molecular formula is C31H27FN2O4. The van der Waals surface area contributed by atoms with Gasteiger partial charge >= 0.3 is 0 Å². The monoisotopic (exact) mass is 510 g/mol. The summed E-state index contributed by atoms with van der Waals surface area (Å²) in [5.41, 5.74) is 1.15. The number of ether oxygens (including phenoxy) is 2. The van der Waals surface area contributed by atoms with Crippen molar-refractivity contribution in [3.05, 3.63) is 83.4 Å². The summed E-state index contributed by atoms with van der Waals surface area (Å²) in [7, 11) is 1.54. The molecule has 0 saturated heterocycles. The summed E-state index contributed by atoms with van der Waals surface area (Å²) in [4.78, 5) is 22.3. The van der Waals surface area contributed by atoms with Crippen LogP contribution in [-0.2, 0) is 11.0 Å². The van der Waals surface area contributed by atoms with Crippen molar-refractivity contribution in [2.75, 3.05) is 13.7 Å². The SMILES string of the molecule is C#C[C@@]1(C)COc2c1cc([C@@](C)(O)CCC(=O)c1cc(OC)c3ncccc3c1)nc2-c1ccc(F)cc1. The van der Waals surface area contributed by atoms with Gasteiger partial charge in [0.1, 0.15) is 35.0 Å². The van der Waals surface area contributed by atoms with Crippen molar-refractivity contribution in [3.63, 3.8) is 0 Å². The fourth-order valence-corrected chi connectivity index (χ4v) is 4.69. The van der Waals surface area contributed by atoms with Crippen molar-refractivity contribution in [1.29, 1.82) is 0 Å². The van der Waals surface area contributed by atoms with Gasteiger partial charge in [-0.1, -0.05) is 12.0 Å². The maximum Gasteiger partial charge on any atom is 0.163 e. The van der Waals surface area contributed by atoms with Crippen molar-refractivity contribution in [2.24, 2.45) is 0 Å². The van der Waals surface area contributed by atoms with Crippen molar-refractivity contribution in [1.82, 2.24) is 9.97 Å². The van der Waals surface area contributed by atoms with E-state index in [1.165, 1.54) is 19.2 Å². The Bertz CT molecular complexity index is 1590. The van der Waals surface area contributed by atoms with E-state index in [9.17, 15) is 14.3 Å². The summed E-state index contributed by atoms with van der Waals surface area (Å²) in [6, 6.07) is 14.8. The van der Waals surface area contributed by atoms with Gasteiger partial charge in [-0.3, -0.25) is 9.78 Å². The van der Waals surface area contributed by atoms with Gasteiger partial charge in [0.05, 0.1) is 18.2 Å². The van der Waals surface area contributed by atoms with E-state index in [2.05, 4.69) is 10.9 Å². The molecule has 192 valence electrons. The molecule has 2 aromatic heterocycles. The highest BCUT2D eigenvalue weighted by molar-refractivity contribution is 6.01. The number of methoxy groups -OCH3 is 1. The lowest BCUT2D eigenvalue weighted by molar-refractivity contribution is 0.0397. The summed E-state index contributed by atoms with van der Waals surface area (Å²) in [5, 5.41) is 12.3. The highest BCUT2D eigenvalue weighted by atomic mass is 19.1. The number of ketones is 1. The Hall–Kier alpha value is -4.28. The third-order valence-corrected chi connectivity index (χ3v) is 7.11. The molecule has 4 aromatic rings. The standard InChI is InChI=1S/C31H27FN2O4/c1-5-30(2)18-38-29-23(30)17-26(34-28(29)19-8-10-22(32)11-9-19)31(3,36)13-12-24(35)21-15-20-7-6-14-33-27(20)25(16-21)37-4/h1,6-11,14-17,36H,12-13,18H2,2-4H3/t30-,31-/m0/s1. The molecule has 0 amide bonds. The van der Waals surface area contributed by atoms with Gasteiger partial charge in [0, 0.05) is 34.7 Å². The molecule has 0 saturated carbocycles.